The van der Waals surface area contributed by atoms with Gasteiger partial charge in [-0.1, -0.05) is 49.1 Å². The molecule has 9 nitrogen and oxygen atoms in total. The largest absolute Gasteiger partial charge is 0.444 e. The quantitative estimate of drug-likeness (QED) is 0.369. The highest BCUT2D eigenvalue weighted by Crippen LogP contribution is 2.35. The van der Waals surface area contributed by atoms with Gasteiger partial charge in [-0.15, -0.1) is 0 Å². The van der Waals surface area contributed by atoms with Gasteiger partial charge in [0.1, 0.15) is 17.7 Å². The van der Waals surface area contributed by atoms with Gasteiger partial charge in [0.15, 0.2) is 0 Å². The Morgan fingerprint density at radius 3 is 2.40 bits per heavy atom. The summed E-state index contributed by atoms with van der Waals surface area (Å²) in [5, 5.41) is 5.63. The molecule has 0 radical (unpaired) electrons. The molecule has 2 aromatic rings. The van der Waals surface area contributed by atoms with E-state index < -0.39 is 35.6 Å². The lowest BCUT2D eigenvalue weighted by Gasteiger charge is -2.43. The van der Waals surface area contributed by atoms with Crippen LogP contribution in [0.4, 0.5) is 10.5 Å². The molecule has 4 amide bonds. The van der Waals surface area contributed by atoms with E-state index in [0.29, 0.717) is 24.1 Å². The zero-order chi connectivity index (χ0) is 29.4. The monoisotopic (exact) mass is 548 g/mol. The number of benzene rings is 2. The second kappa shape index (κ2) is 13.3. The molecule has 40 heavy (non-hydrogen) atoms. The van der Waals surface area contributed by atoms with Crippen molar-refractivity contribution in [2.75, 3.05) is 5.32 Å². The zero-order valence-electron chi connectivity index (χ0n) is 23.7. The molecule has 0 saturated heterocycles. The molecule has 1 aliphatic carbocycles. The minimum Gasteiger partial charge on any atom is -0.444 e. The number of nitrogens with zero attached hydrogens (tertiary/aromatic N) is 1. The van der Waals surface area contributed by atoms with Crippen molar-refractivity contribution in [2.45, 2.75) is 83.5 Å². The van der Waals surface area contributed by atoms with Crippen molar-refractivity contribution < 1.29 is 23.9 Å². The van der Waals surface area contributed by atoms with E-state index in [0.717, 1.165) is 17.5 Å². The Bertz CT molecular complexity index is 1250. The summed E-state index contributed by atoms with van der Waals surface area (Å²) in [7, 11) is 0. The van der Waals surface area contributed by atoms with Crippen LogP contribution in [0.25, 0.3) is 6.08 Å². The molecule has 0 heterocycles. The molecular weight excluding hydrogens is 508 g/mol. The Morgan fingerprint density at radius 2 is 1.82 bits per heavy atom. The van der Waals surface area contributed by atoms with Crippen LogP contribution >= 0.6 is 0 Å². The number of nitrogens with one attached hydrogen (secondary N) is 2. The molecule has 1 aliphatic rings. The first-order chi connectivity index (χ1) is 18.9. The van der Waals surface area contributed by atoms with Gasteiger partial charge in [0.05, 0.1) is 0 Å². The Labute approximate surface area is 236 Å². The van der Waals surface area contributed by atoms with Gasteiger partial charge in [-0.3, -0.25) is 14.4 Å². The lowest BCUT2D eigenvalue weighted by atomic mass is 9.87. The summed E-state index contributed by atoms with van der Waals surface area (Å²) in [5.41, 5.74) is 7.51. The van der Waals surface area contributed by atoms with Gasteiger partial charge >= 0.3 is 6.09 Å². The van der Waals surface area contributed by atoms with Crippen LogP contribution in [0.3, 0.4) is 0 Å². The molecule has 2 atom stereocenters. The number of hydrogen-bond acceptors (Lipinski definition) is 5. The number of carbonyl (C=O) groups is 4. The molecule has 2 aromatic carbocycles. The second-order valence-electron chi connectivity index (χ2n) is 11.1. The average Bonchev–Trinajstić information content (AvgIpc) is 2.85. The summed E-state index contributed by atoms with van der Waals surface area (Å²) in [4.78, 5) is 54.3. The van der Waals surface area contributed by atoms with Crippen LogP contribution in [0.1, 0.15) is 75.6 Å². The number of primary amides is 1. The minimum atomic E-state index is -1.13. The Kier molecular flexibility index (Phi) is 10.1. The van der Waals surface area contributed by atoms with Gasteiger partial charge in [-0.2, -0.15) is 0 Å². The van der Waals surface area contributed by atoms with Crippen molar-refractivity contribution in [1.29, 1.82) is 0 Å². The molecule has 0 bridgehead atoms. The number of hydrogen-bond donors (Lipinski definition) is 3. The third kappa shape index (κ3) is 8.18. The standard InChI is InChI=1S/C31H40N4O5/c1-6-21-12-9-13-22(19-21)27(28(37)33-24-16-8-7-11-20(24)2)35(23-14-10-15-23)29(38)25(17-18-26(32)36)34-30(39)40-31(3,4)5/h6-9,11-13,16,19,23,25,27H,1,10,14-15,17-18H2,2-5H3,(H2,32,36)(H,33,37)(H,34,39). The van der Waals surface area contributed by atoms with Crippen LogP contribution in [-0.2, 0) is 19.1 Å². The molecular formula is C31H40N4O5. The molecule has 0 aromatic heterocycles. The zero-order valence-corrected chi connectivity index (χ0v) is 23.7. The summed E-state index contributed by atoms with van der Waals surface area (Å²) in [6, 6.07) is 12.3. The number of nitrogens with two attached hydrogens (primary N) is 1. The fraction of sp³-hybridized carbons (Fsp3) is 0.419. The maximum Gasteiger partial charge on any atom is 0.408 e. The van der Waals surface area contributed by atoms with Crippen LogP contribution in [0.2, 0.25) is 0 Å². The van der Waals surface area contributed by atoms with Crippen LogP contribution in [0.5, 0.6) is 0 Å². The highest BCUT2D eigenvalue weighted by Gasteiger charge is 2.42. The lowest BCUT2D eigenvalue weighted by molar-refractivity contribution is -0.146. The smallest absolute Gasteiger partial charge is 0.408 e. The van der Waals surface area contributed by atoms with Crippen LogP contribution in [0.15, 0.2) is 55.1 Å². The third-order valence-electron chi connectivity index (χ3n) is 6.78. The molecule has 1 fully saturated rings. The summed E-state index contributed by atoms with van der Waals surface area (Å²) in [6.45, 7) is 10.9. The van der Waals surface area contributed by atoms with Gasteiger partial charge in [0, 0.05) is 18.2 Å². The van der Waals surface area contributed by atoms with Crippen molar-refractivity contribution in [3.8, 4) is 0 Å². The highest BCUT2D eigenvalue weighted by atomic mass is 16.6. The highest BCUT2D eigenvalue weighted by molar-refractivity contribution is 5.99. The summed E-state index contributed by atoms with van der Waals surface area (Å²) >= 11 is 0. The first kappa shape index (κ1) is 30.4. The van der Waals surface area contributed by atoms with E-state index in [1.165, 1.54) is 0 Å². The molecule has 9 heteroatoms. The summed E-state index contributed by atoms with van der Waals surface area (Å²) in [6.07, 6.45) is 3.03. The van der Waals surface area contributed by atoms with E-state index in [9.17, 15) is 19.2 Å². The van der Waals surface area contributed by atoms with E-state index in [4.69, 9.17) is 10.5 Å². The molecule has 0 aliphatic heterocycles. The predicted molar refractivity (Wildman–Crippen MR) is 155 cm³/mol. The van der Waals surface area contributed by atoms with Crippen molar-refractivity contribution in [3.63, 3.8) is 0 Å². The van der Waals surface area contributed by atoms with Gasteiger partial charge in [-0.25, -0.2) is 4.79 Å². The first-order valence-electron chi connectivity index (χ1n) is 13.6. The number of alkyl carbamates (subject to hydrolysis) is 1. The van der Waals surface area contributed by atoms with Crippen LogP contribution in [-0.4, -0.2) is 46.4 Å². The topological polar surface area (TPSA) is 131 Å². The molecule has 1 saturated carbocycles. The van der Waals surface area contributed by atoms with E-state index in [1.807, 2.05) is 43.3 Å². The predicted octanol–water partition coefficient (Wildman–Crippen LogP) is 4.86. The van der Waals surface area contributed by atoms with Gasteiger partial charge in [0.2, 0.25) is 11.8 Å². The fourth-order valence-corrected chi connectivity index (χ4v) is 4.57. The minimum absolute atomic E-state index is 0.0323. The molecule has 3 rings (SSSR count). The fourth-order valence-electron chi connectivity index (χ4n) is 4.57. The van der Waals surface area contributed by atoms with Gasteiger partial charge < -0.3 is 26.0 Å². The Hall–Kier alpha value is -4.14. The molecule has 214 valence electrons. The Balaban J connectivity index is 2.06. The number of para-hydroxylation sites is 1. The maximum absolute atomic E-state index is 14.3. The first-order valence-corrected chi connectivity index (χ1v) is 13.6. The van der Waals surface area contributed by atoms with Gasteiger partial charge in [-0.05, 0) is 82.2 Å². The SMILES string of the molecule is C=Cc1cccc(C(C(=O)Nc2ccccc2C)N(C(=O)C(CCC(N)=O)NC(=O)OC(C)(C)C)C2CCC2)c1. The van der Waals surface area contributed by atoms with E-state index in [1.54, 1.807) is 43.9 Å². The third-order valence-corrected chi connectivity index (χ3v) is 6.78. The lowest BCUT2D eigenvalue weighted by Crippen LogP contribution is -2.57. The van der Waals surface area contributed by atoms with E-state index >= 15 is 0 Å². The van der Waals surface area contributed by atoms with Crippen molar-refractivity contribution in [2.24, 2.45) is 5.73 Å². The van der Waals surface area contributed by atoms with Crippen LogP contribution < -0.4 is 16.4 Å². The van der Waals surface area contributed by atoms with E-state index in [-0.39, 0.29) is 24.8 Å². The molecule has 4 N–H and O–H groups in total. The average molecular weight is 549 g/mol. The number of rotatable bonds is 11. The maximum atomic E-state index is 14.3. The summed E-state index contributed by atoms with van der Waals surface area (Å²) in [5.74, 6) is -1.47. The number of ether oxygens (including phenoxy) is 1. The number of amides is 4. The van der Waals surface area contributed by atoms with Crippen LogP contribution in [0, 0.1) is 6.92 Å². The molecule has 2 unspecified atom stereocenters. The molecule has 0 spiro atoms. The van der Waals surface area contributed by atoms with E-state index in [2.05, 4.69) is 17.2 Å². The van der Waals surface area contributed by atoms with Gasteiger partial charge in [0.25, 0.3) is 5.91 Å². The number of aryl methyl sites for hydroxylation is 1. The Morgan fingerprint density at radius 1 is 1.12 bits per heavy atom. The normalized spacial score (nSPS) is 14.7. The number of carbonyl (C=O) groups excluding carboxylic acids is 4. The van der Waals surface area contributed by atoms with Crippen molar-refractivity contribution in [3.05, 3.63) is 71.8 Å². The van der Waals surface area contributed by atoms with Crippen molar-refractivity contribution >= 4 is 35.6 Å². The summed E-state index contributed by atoms with van der Waals surface area (Å²) < 4.78 is 5.39. The number of anilines is 1. The van der Waals surface area contributed by atoms with Crippen molar-refractivity contribution in [1.82, 2.24) is 10.2 Å². The second-order valence-corrected chi connectivity index (χ2v) is 11.1.